The van der Waals surface area contributed by atoms with E-state index in [-0.39, 0.29) is 0 Å². The molecule has 186 valence electrons. The summed E-state index contributed by atoms with van der Waals surface area (Å²) in [5.74, 6) is 3.23. The van der Waals surface area contributed by atoms with Crippen LogP contribution in [0.2, 0.25) is 0 Å². The fourth-order valence-corrected chi connectivity index (χ4v) is 3.91. The molecule has 0 bridgehead atoms. The van der Waals surface area contributed by atoms with Crippen molar-refractivity contribution in [1.29, 1.82) is 0 Å². The average molecular weight is 463 g/mol. The standard InChI is InChI=1S/C32H46O2/c1-5-9-13-27(7-3)25-33-31-21-17-29(18-22-31)15-11-12-16-30-19-23-32(24-20-30)34-26-28(8-4)14-10-6-2/h11-12,15-24,27-28H,5-10,13-14,25-26H2,1-4H3. The molecular formula is C32H46O2. The lowest BCUT2D eigenvalue weighted by molar-refractivity contribution is 0.233. The van der Waals surface area contributed by atoms with Gasteiger partial charge in [0.25, 0.3) is 0 Å². The van der Waals surface area contributed by atoms with Crippen LogP contribution in [0.5, 0.6) is 11.5 Å². The van der Waals surface area contributed by atoms with Crippen LogP contribution >= 0.6 is 0 Å². The van der Waals surface area contributed by atoms with Crippen LogP contribution in [-0.4, -0.2) is 13.2 Å². The van der Waals surface area contributed by atoms with Crippen LogP contribution in [0.3, 0.4) is 0 Å². The Morgan fingerprint density at radius 3 is 1.29 bits per heavy atom. The Morgan fingerprint density at radius 1 is 0.588 bits per heavy atom. The number of ether oxygens (including phenoxy) is 2. The molecule has 34 heavy (non-hydrogen) atoms. The molecule has 0 aliphatic heterocycles. The van der Waals surface area contributed by atoms with E-state index >= 15 is 0 Å². The summed E-state index contributed by atoms with van der Waals surface area (Å²) in [7, 11) is 0. The van der Waals surface area contributed by atoms with Crippen molar-refractivity contribution in [2.24, 2.45) is 11.8 Å². The highest BCUT2D eigenvalue weighted by atomic mass is 16.5. The summed E-state index contributed by atoms with van der Waals surface area (Å²) >= 11 is 0. The molecular weight excluding hydrogens is 416 g/mol. The van der Waals surface area contributed by atoms with Crippen molar-refractivity contribution in [3.8, 4) is 11.5 Å². The predicted octanol–water partition coefficient (Wildman–Crippen LogP) is 9.60. The van der Waals surface area contributed by atoms with E-state index in [0.29, 0.717) is 11.8 Å². The number of hydrogen-bond donors (Lipinski definition) is 0. The Balaban J connectivity index is 1.77. The first-order valence-corrected chi connectivity index (χ1v) is 13.5. The molecule has 0 fully saturated rings. The molecule has 0 spiro atoms. The monoisotopic (exact) mass is 462 g/mol. The van der Waals surface area contributed by atoms with Crippen LogP contribution in [0.25, 0.3) is 12.2 Å². The van der Waals surface area contributed by atoms with E-state index in [9.17, 15) is 0 Å². The first kappa shape index (κ1) is 27.8. The molecule has 0 heterocycles. The zero-order valence-corrected chi connectivity index (χ0v) is 22.0. The lowest BCUT2D eigenvalue weighted by Crippen LogP contribution is -2.11. The van der Waals surface area contributed by atoms with Gasteiger partial charge >= 0.3 is 0 Å². The molecule has 2 aromatic rings. The van der Waals surface area contributed by atoms with Gasteiger partial charge in [-0.1, -0.05) is 115 Å². The minimum atomic E-state index is 0.657. The Morgan fingerprint density at radius 2 is 0.971 bits per heavy atom. The van der Waals surface area contributed by atoms with Gasteiger partial charge in [-0.15, -0.1) is 0 Å². The van der Waals surface area contributed by atoms with Crippen molar-refractivity contribution >= 4 is 12.2 Å². The van der Waals surface area contributed by atoms with Gasteiger partial charge in [0, 0.05) is 0 Å². The zero-order chi connectivity index (χ0) is 24.4. The summed E-state index contributed by atoms with van der Waals surface area (Å²) in [6.45, 7) is 10.6. The lowest BCUT2D eigenvalue weighted by Gasteiger charge is -2.15. The molecule has 0 amide bonds. The Kier molecular flexibility index (Phi) is 13.9. The van der Waals surface area contributed by atoms with Gasteiger partial charge in [0.15, 0.2) is 0 Å². The van der Waals surface area contributed by atoms with Crippen molar-refractivity contribution in [3.05, 3.63) is 71.8 Å². The smallest absolute Gasteiger partial charge is 0.119 e. The highest BCUT2D eigenvalue weighted by Gasteiger charge is 2.07. The Bertz CT molecular complexity index is 746. The first-order chi connectivity index (χ1) is 16.7. The van der Waals surface area contributed by atoms with Gasteiger partial charge < -0.3 is 9.47 Å². The van der Waals surface area contributed by atoms with Crippen LogP contribution in [0, 0.1) is 11.8 Å². The van der Waals surface area contributed by atoms with Crippen molar-refractivity contribution < 1.29 is 9.47 Å². The molecule has 0 radical (unpaired) electrons. The lowest BCUT2D eigenvalue weighted by atomic mass is 10.0. The van der Waals surface area contributed by atoms with Crippen molar-refractivity contribution in [2.75, 3.05) is 13.2 Å². The summed E-state index contributed by atoms with van der Waals surface area (Å²) in [6, 6.07) is 16.7. The van der Waals surface area contributed by atoms with E-state index in [4.69, 9.17) is 9.47 Å². The van der Waals surface area contributed by atoms with Crippen LogP contribution in [0.1, 0.15) is 90.2 Å². The second-order valence-corrected chi connectivity index (χ2v) is 9.31. The van der Waals surface area contributed by atoms with E-state index in [1.165, 1.54) is 62.5 Å². The third kappa shape index (κ3) is 11.1. The van der Waals surface area contributed by atoms with Crippen molar-refractivity contribution in [2.45, 2.75) is 79.1 Å². The summed E-state index contributed by atoms with van der Waals surface area (Å²) < 4.78 is 12.0. The molecule has 0 aliphatic carbocycles. The van der Waals surface area contributed by atoms with E-state index in [2.05, 4.69) is 101 Å². The molecule has 2 unspecified atom stereocenters. The van der Waals surface area contributed by atoms with E-state index < -0.39 is 0 Å². The zero-order valence-electron chi connectivity index (χ0n) is 22.0. The third-order valence-corrected chi connectivity index (χ3v) is 6.51. The topological polar surface area (TPSA) is 18.5 Å². The Hall–Kier alpha value is -2.48. The maximum absolute atomic E-state index is 6.01. The first-order valence-electron chi connectivity index (χ1n) is 13.5. The van der Waals surface area contributed by atoms with E-state index in [0.717, 1.165) is 24.7 Å². The third-order valence-electron chi connectivity index (χ3n) is 6.51. The molecule has 2 rings (SSSR count). The number of hydrogen-bond acceptors (Lipinski definition) is 2. The van der Waals surface area contributed by atoms with E-state index in [1.807, 2.05) is 0 Å². The van der Waals surface area contributed by atoms with Gasteiger partial charge in [0.2, 0.25) is 0 Å². The van der Waals surface area contributed by atoms with Gasteiger partial charge in [0.05, 0.1) is 13.2 Å². The summed E-state index contributed by atoms with van der Waals surface area (Å²) in [5.41, 5.74) is 2.35. The van der Waals surface area contributed by atoms with Gasteiger partial charge in [-0.2, -0.15) is 0 Å². The molecule has 2 atom stereocenters. The Labute approximate surface area is 209 Å². The predicted molar refractivity (Wildman–Crippen MR) is 149 cm³/mol. The van der Waals surface area contributed by atoms with Crippen LogP contribution in [0.4, 0.5) is 0 Å². The largest absolute Gasteiger partial charge is 0.493 e. The SMILES string of the molecule is CCCCC(CC)COc1ccc(C=CC=Cc2ccc(OCC(CC)CCCC)cc2)cc1. The normalized spacial score (nSPS) is 13.4. The van der Waals surface area contributed by atoms with Gasteiger partial charge in [-0.3, -0.25) is 0 Å². The fraction of sp³-hybridized carbons (Fsp3) is 0.500. The summed E-state index contributed by atoms with van der Waals surface area (Å²) in [4.78, 5) is 0. The van der Waals surface area contributed by atoms with Gasteiger partial charge in [-0.25, -0.2) is 0 Å². The summed E-state index contributed by atoms with van der Waals surface area (Å²) in [6.07, 6.45) is 18.4. The summed E-state index contributed by atoms with van der Waals surface area (Å²) in [5, 5.41) is 0. The minimum Gasteiger partial charge on any atom is -0.493 e. The highest BCUT2D eigenvalue weighted by Crippen LogP contribution is 2.19. The molecule has 0 saturated heterocycles. The average Bonchev–Trinajstić information content (AvgIpc) is 2.88. The molecule has 0 N–H and O–H groups in total. The van der Waals surface area contributed by atoms with E-state index in [1.54, 1.807) is 0 Å². The van der Waals surface area contributed by atoms with Crippen LogP contribution < -0.4 is 9.47 Å². The number of allylic oxidation sites excluding steroid dienone is 2. The van der Waals surface area contributed by atoms with Crippen molar-refractivity contribution in [3.63, 3.8) is 0 Å². The molecule has 0 aromatic heterocycles. The van der Waals surface area contributed by atoms with Crippen LogP contribution in [0.15, 0.2) is 60.7 Å². The quantitative estimate of drug-likeness (QED) is 0.218. The van der Waals surface area contributed by atoms with Crippen LogP contribution in [-0.2, 0) is 0 Å². The molecule has 2 aromatic carbocycles. The molecule has 2 nitrogen and oxygen atoms in total. The number of unbranched alkanes of at least 4 members (excludes halogenated alkanes) is 2. The molecule has 2 heteroatoms. The number of rotatable bonds is 17. The second kappa shape index (κ2) is 17.0. The highest BCUT2D eigenvalue weighted by molar-refractivity contribution is 5.58. The van der Waals surface area contributed by atoms with Gasteiger partial charge in [-0.05, 0) is 60.1 Å². The molecule has 0 saturated carbocycles. The fourth-order valence-electron chi connectivity index (χ4n) is 3.91. The second-order valence-electron chi connectivity index (χ2n) is 9.31. The maximum Gasteiger partial charge on any atom is 0.119 e. The number of benzene rings is 2. The minimum absolute atomic E-state index is 0.657. The van der Waals surface area contributed by atoms with Crippen molar-refractivity contribution in [1.82, 2.24) is 0 Å². The van der Waals surface area contributed by atoms with Gasteiger partial charge in [0.1, 0.15) is 11.5 Å². The maximum atomic E-state index is 6.01. The molecule has 0 aliphatic rings.